The number of nitrogens with one attached hydrogen (secondary N) is 4. The van der Waals surface area contributed by atoms with Gasteiger partial charge in [0.2, 0.25) is 11.8 Å². The third-order valence-electron chi connectivity index (χ3n) is 3.70. The Bertz CT molecular complexity index is 503. The molecule has 0 spiro atoms. The Hall–Kier alpha value is -1.93. The van der Waals surface area contributed by atoms with E-state index in [2.05, 4.69) is 25.9 Å². The molecule has 3 atom stereocenters. The lowest BCUT2D eigenvalue weighted by molar-refractivity contribution is -0.130. The average Bonchev–Trinajstić information content (AvgIpc) is 3.02. The van der Waals surface area contributed by atoms with Gasteiger partial charge in [0.05, 0.1) is 18.1 Å². The Balaban J connectivity index is 2.43. The number of carbonyl (C=O) groups excluding carboxylic acids is 2. The zero-order valence-corrected chi connectivity index (χ0v) is 14.9. The Morgan fingerprint density at radius 2 is 2.00 bits per heavy atom. The van der Waals surface area contributed by atoms with Crippen molar-refractivity contribution < 1.29 is 9.59 Å². The normalized spacial score (nSPS) is 14.9. The Morgan fingerprint density at radius 3 is 2.54 bits per heavy atom. The molecule has 0 saturated carbocycles. The maximum atomic E-state index is 12.3. The van der Waals surface area contributed by atoms with E-state index in [9.17, 15) is 9.59 Å². The summed E-state index contributed by atoms with van der Waals surface area (Å²) in [6, 6.07) is -1.13. The minimum Gasteiger partial charge on any atom is -0.355 e. The standard InChI is InChI=1S/C16H30N6O2/c1-5-19-16(24)14(10(2)3)22-15(23)11(4)20-7-12(17)6-13-8-18-9-21-13/h8-12,14,20H,5-7,17H2,1-4H3,(H,18,21)(H,19,24)(H,22,23)/t11-,12-,14-/m0/s1. The third kappa shape index (κ3) is 6.67. The highest BCUT2D eigenvalue weighted by Crippen LogP contribution is 2.02. The second-order valence-electron chi connectivity index (χ2n) is 6.28. The van der Waals surface area contributed by atoms with E-state index in [-0.39, 0.29) is 23.8 Å². The number of hydrogen-bond donors (Lipinski definition) is 5. The molecule has 1 rings (SSSR count). The monoisotopic (exact) mass is 338 g/mol. The number of aromatic nitrogens is 2. The summed E-state index contributed by atoms with van der Waals surface area (Å²) in [6.07, 6.45) is 4.03. The van der Waals surface area contributed by atoms with Crippen LogP contribution < -0.4 is 21.7 Å². The average molecular weight is 338 g/mol. The highest BCUT2D eigenvalue weighted by molar-refractivity contribution is 5.89. The molecule has 2 amide bonds. The van der Waals surface area contributed by atoms with Crippen molar-refractivity contribution >= 4 is 11.8 Å². The molecule has 24 heavy (non-hydrogen) atoms. The number of imidazole rings is 1. The largest absolute Gasteiger partial charge is 0.355 e. The molecule has 0 fully saturated rings. The second-order valence-corrected chi connectivity index (χ2v) is 6.28. The number of H-pyrrole nitrogens is 1. The maximum absolute atomic E-state index is 12.3. The summed E-state index contributed by atoms with van der Waals surface area (Å²) in [5.41, 5.74) is 6.92. The van der Waals surface area contributed by atoms with Gasteiger partial charge in [-0.15, -0.1) is 0 Å². The highest BCUT2D eigenvalue weighted by Gasteiger charge is 2.25. The summed E-state index contributed by atoms with van der Waals surface area (Å²) in [7, 11) is 0. The minimum absolute atomic E-state index is 0.00891. The van der Waals surface area contributed by atoms with Crippen molar-refractivity contribution in [1.29, 1.82) is 0 Å². The van der Waals surface area contributed by atoms with Gasteiger partial charge >= 0.3 is 0 Å². The SMILES string of the molecule is CCNC(=O)[C@@H](NC(=O)[C@H](C)NC[C@@H](N)Cc1c[nH]cn1)C(C)C. The summed E-state index contributed by atoms with van der Waals surface area (Å²) in [5.74, 6) is -0.371. The first-order chi connectivity index (χ1) is 11.3. The summed E-state index contributed by atoms with van der Waals surface area (Å²) < 4.78 is 0. The van der Waals surface area contributed by atoms with Crippen LogP contribution in [0.3, 0.4) is 0 Å². The van der Waals surface area contributed by atoms with Gasteiger partial charge in [0.25, 0.3) is 0 Å². The lowest BCUT2D eigenvalue weighted by Crippen LogP contribution is -2.55. The fourth-order valence-corrected chi connectivity index (χ4v) is 2.26. The molecule has 0 aliphatic rings. The number of rotatable bonds is 10. The van der Waals surface area contributed by atoms with Crippen LogP contribution in [0.2, 0.25) is 0 Å². The van der Waals surface area contributed by atoms with Crippen LogP contribution in [-0.4, -0.2) is 53.0 Å². The summed E-state index contributed by atoms with van der Waals surface area (Å²) in [6.45, 7) is 8.42. The number of amides is 2. The highest BCUT2D eigenvalue weighted by atomic mass is 16.2. The first-order valence-corrected chi connectivity index (χ1v) is 8.39. The van der Waals surface area contributed by atoms with E-state index in [1.807, 2.05) is 20.8 Å². The van der Waals surface area contributed by atoms with Crippen molar-refractivity contribution in [1.82, 2.24) is 25.9 Å². The predicted octanol–water partition coefficient (Wildman–Crippen LogP) is -0.465. The van der Waals surface area contributed by atoms with E-state index in [1.165, 1.54) is 0 Å². The molecule has 136 valence electrons. The summed E-state index contributed by atoms with van der Waals surface area (Å²) in [5, 5.41) is 8.64. The maximum Gasteiger partial charge on any atom is 0.242 e. The van der Waals surface area contributed by atoms with Gasteiger partial charge in [-0.05, 0) is 19.8 Å². The Morgan fingerprint density at radius 1 is 1.29 bits per heavy atom. The van der Waals surface area contributed by atoms with E-state index in [0.29, 0.717) is 19.5 Å². The molecule has 1 heterocycles. The van der Waals surface area contributed by atoms with Crippen molar-refractivity contribution in [2.24, 2.45) is 11.7 Å². The van der Waals surface area contributed by atoms with Gasteiger partial charge in [0.1, 0.15) is 6.04 Å². The number of nitrogens with zero attached hydrogens (tertiary/aromatic N) is 1. The number of hydrogen-bond acceptors (Lipinski definition) is 5. The zero-order valence-electron chi connectivity index (χ0n) is 14.9. The van der Waals surface area contributed by atoms with Crippen molar-refractivity contribution in [2.75, 3.05) is 13.1 Å². The molecule has 0 aromatic carbocycles. The van der Waals surface area contributed by atoms with Crippen molar-refractivity contribution in [3.05, 3.63) is 18.2 Å². The molecular weight excluding hydrogens is 308 g/mol. The molecule has 1 aromatic rings. The van der Waals surface area contributed by atoms with Gasteiger partial charge < -0.3 is 26.7 Å². The van der Waals surface area contributed by atoms with Crippen LogP contribution in [-0.2, 0) is 16.0 Å². The fourth-order valence-electron chi connectivity index (χ4n) is 2.26. The fraction of sp³-hybridized carbons (Fsp3) is 0.688. The Labute approximate surface area is 143 Å². The van der Waals surface area contributed by atoms with Crippen LogP contribution in [0, 0.1) is 5.92 Å². The van der Waals surface area contributed by atoms with Crippen LogP contribution in [0.1, 0.15) is 33.4 Å². The van der Waals surface area contributed by atoms with Crippen LogP contribution in [0.15, 0.2) is 12.5 Å². The smallest absolute Gasteiger partial charge is 0.242 e. The van der Waals surface area contributed by atoms with Gasteiger partial charge in [-0.2, -0.15) is 0 Å². The van der Waals surface area contributed by atoms with Crippen molar-refractivity contribution in [2.45, 2.75) is 52.2 Å². The summed E-state index contributed by atoms with van der Waals surface area (Å²) in [4.78, 5) is 31.3. The molecule has 0 bridgehead atoms. The van der Waals surface area contributed by atoms with Gasteiger partial charge in [0.15, 0.2) is 0 Å². The van der Waals surface area contributed by atoms with Gasteiger partial charge in [-0.1, -0.05) is 13.8 Å². The molecule has 0 unspecified atom stereocenters. The first kappa shape index (κ1) is 20.1. The van der Waals surface area contributed by atoms with Crippen LogP contribution in [0.4, 0.5) is 0 Å². The number of likely N-dealkylation sites (N-methyl/N-ethyl adjacent to an activating group) is 1. The molecule has 0 saturated heterocycles. The molecule has 6 N–H and O–H groups in total. The summed E-state index contributed by atoms with van der Waals surface area (Å²) >= 11 is 0. The van der Waals surface area contributed by atoms with E-state index in [0.717, 1.165) is 5.69 Å². The second kappa shape index (κ2) is 10.0. The topological polar surface area (TPSA) is 125 Å². The van der Waals surface area contributed by atoms with Crippen molar-refractivity contribution in [3.63, 3.8) is 0 Å². The van der Waals surface area contributed by atoms with E-state index in [4.69, 9.17) is 5.73 Å². The predicted molar refractivity (Wildman–Crippen MR) is 93.2 cm³/mol. The molecule has 0 aliphatic carbocycles. The minimum atomic E-state index is -0.542. The number of nitrogens with two attached hydrogens (primary N) is 1. The molecule has 0 aliphatic heterocycles. The Kier molecular flexibility index (Phi) is 8.42. The molecule has 0 radical (unpaired) electrons. The van der Waals surface area contributed by atoms with E-state index < -0.39 is 12.1 Å². The number of carbonyl (C=O) groups is 2. The van der Waals surface area contributed by atoms with Crippen LogP contribution >= 0.6 is 0 Å². The molecule has 1 aromatic heterocycles. The van der Waals surface area contributed by atoms with E-state index in [1.54, 1.807) is 19.4 Å². The van der Waals surface area contributed by atoms with E-state index >= 15 is 0 Å². The molecular formula is C16H30N6O2. The number of aromatic amines is 1. The molecule has 8 nitrogen and oxygen atoms in total. The quantitative estimate of drug-likeness (QED) is 0.395. The van der Waals surface area contributed by atoms with Gasteiger partial charge in [-0.25, -0.2) is 4.98 Å². The lowest BCUT2D eigenvalue weighted by Gasteiger charge is -2.24. The zero-order chi connectivity index (χ0) is 18.1. The third-order valence-corrected chi connectivity index (χ3v) is 3.70. The first-order valence-electron chi connectivity index (χ1n) is 8.39. The van der Waals surface area contributed by atoms with Crippen LogP contribution in [0.5, 0.6) is 0 Å². The van der Waals surface area contributed by atoms with Crippen LogP contribution in [0.25, 0.3) is 0 Å². The van der Waals surface area contributed by atoms with Gasteiger partial charge in [-0.3, -0.25) is 9.59 Å². The van der Waals surface area contributed by atoms with Crippen molar-refractivity contribution in [3.8, 4) is 0 Å². The van der Waals surface area contributed by atoms with Gasteiger partial charge in [0, 0.05) is 31.7 Å². The molecule has 8 heteroatoms. The lowest BCUT2D eigenvalue weighted by atomic mass is 10.0.